The Balaban J connectivity index is 1.84. The van der Waals surface area contributed by atoms with E-state index in [-0.39, 0.29) is 5.91 Å². The standard InChI is InChI=1S/C18H19N5O/c1-13-16(12-20-23(13)17-9-4-5-10-19-17)18(24)21-14-7-6-8-15(11-14)22(2)3/h4-12H,1-3H3,(H,21,24). The van der Waals surface area contributed by atoms with E-state index in [1.54, 1.807) is 17.1 Å². The van der Waals surface area contributed by atoms with Crippen molar-refractivity contribution < 1.29 is 4.79 Å². The molecule has 0 aliphatic heterocycles. The van der Waals surface area contributed by atoms with Gasteiger partial charge in [-0.2, -0.15) is 5.10 Å². The van der Waals surface area contributed by atoms with Crippen LogP contribution in [0.4, 0.5) is 11.4 Å². The van der Waals surface area contributed by atoms with E-state index >= 15 is 0 Å². The van der Waals surface area contributed by atoms with Crippen molar-refractivity contribution >= 4 is 17.3 Å². The molecule has 0 atom stereocenters. The van der Waals surface area contributed by atoms with E-state index in [0.29, 0.717) is 11.4 Å². The minimum Gasteiger partial charge on any atom is -0.378 e. The SMILES string of the molecule is Cc1c(C(=O)Nc2cccc(N(C)C)c2)cnn1-c1ccccn1. The molecule has 24 heavy (non-hydrogen) atoms. The molecule has 0 unspecified atom stereocenters. The van der Waals surface area contributed by atoms with Crippen LogP contribution in [0.25, 0.3) is 5.82 Å². The highest BCUT2D eigenvalue weighted by molar-refractivity contribution is 6.05. The zero-order chi connectivity index (χ0) is 17.1. The van der Waals surface area contributed by atoms with Gasteiger partial charge >= 0.3 is 0 Å². The second-order valence-electron chi connectivity index (χ2n) is 5.64. The summed E-state index contributed by atoms with van der Waals surface area (Å²) in [5, 5.41) is 7.20. The molecular weight excluding hydrogens is 302 g/mol. The molecule has 1 N–H and O–H groups in total. The third-order valence-electron chi connectivity index (χ3n) is 3.74. The Hall–Kier alpha value is -3.15. The van der Waals surface area contributed by atoms with Crippen molar-refractivity contribution in [3.63, 3.8) is 0 Å². The molecule has 0 saturated heterocycles. The summed E-state index contributed by atoms with van der Waals surface area (Å²) in [5.41, 5.74) is 3.04. The highest BCUT2D eigenvalue weighted by atomic mass is 16.1. The van der Waals surface area contributed by atoms with Crippen LogP contribution in [0.3, 0.4) is 0 Å². The van der Waals surface area contributed by atoms with E-state index in [9.17, 15) is 4.79 Å². The topological polar surface area (TPSA) is 63.1 Å². The maximum absolute atomic E-state index is 12.6. The molecule has 3 aromatic rings. The van der Waals surface area contributed by atoms with Crippen molar-refractivity contribution in [2.24, 2.45) is 0 Å². The fourth-order valence-corrected chi connectivity index (χ4v) is 2.40. The fraction of sp³-hybridized carbons (Fsp3) is 0.167. The molecule has 3 rings (SSSR count). The maximum Gasteiger partial charge on any atom is 0.259 e. The van der Waals surface area contributed by atoms with E-state index in [4.69, 9.17) is 0 Å². The minimum absolute atomic E-state index is 0.189. The van der Waals surface area contributed by atoms with Crippen LogP contribution >= 0.6 is 0 Å². The third kappa shape index (κ3) is 3.12. The van der Waals surface area contributed by atoms with Gasteiger partial charge in [0.25, 0.3) is 5.91 Å². The number of pyridine rings is 1. The summed E-state index contributed by atoms with van der Waals surface area (Å²) in [6, 6.07) is 13.3. The molecule has 0 bridgehead atoms. The lowest BCUT2D eigenvalue weighted by Gasteiger charge is -2.14. The number of carbonyl (C=O) groups is 1. The Morgan fingerprint density at radius 2 is 2.00 bits per heavy atom. The summed E-state index contributed by atoms with van der Waals surface area (Å²) >= 11 is 0. The second kappa shape index (κ2) is 6.54. The molecular formula is C18H19N5O. The zero-order valence-corrected chi connectivity index (χ0v) is 13.9. The summed E-state index contributed by atoms with van der Waals surface area (Å²) in [5.74, 6) is 0.495. The molecule has 2 aromatic heterocycles. The quantitative estimate of drug-likeness (QED) is 0.802. The molecule has 6 nitrogen and oxygen atoms in total. The molecule has 6 heteroatoms. The number of hydrogen-bond donors (Lipinski definition) is 1. The Morgan fingerprint density at radius 3 is 2.71 bits per heavy atom. The highest BCUT2D eigenvalue weighted by Gasteiger charge is 2.16. The number of aromatic nitrogens is 3. The van der Waals surface area contributed by atoms with E-state index in [1.807, 2.05) is 68.4 Å². The first kappa shape index (κ1) is 15.7. The van der Waals surface area contributed by atoms with Gasteiger partial charge in [-0.05, 0) is 37.3 Å². The van der Waals surface area contributed by atoms with Gasteiger partial charge in [-0.15, -0.1) is 0 Å². The van der Waals surface area contributed by atoms with Crippen LogP contribution < -0.4 is 10.2 Å². The zero-order valence-electron chi connectivity index (χ0n) is 13.9. The van der Waals surface area contributed by atoms with Gasteiger partial charge in [-0.3, -0.25) is 4.79 Å². The van der Waals surface area contributed by atoms with Gasteiger partial charge in [-0.1, -0.05) is 12.1 Å². The molecule has 0 spiro atoms. The number of carbonyl (C=O) groups excluding carboxylic acids is 1. The van der Waals surface area contributed by atoms with Crippen LogP contribution in [0.1, 0.15) is 16.1 Å². The summed E-state index contributed by atoms with van der Waals surface area (Å²) in [7, 11) is 3.92. The molecule has 0 saturated carbocycles. The van der Waals surface area contributed by atoms with Crippen LogP contribution in [-0.2, 0) is 0 Å². The Kier molecular flexibility index (Phi) is 4.29. The molecule has 2 heterocycles. The number of anilines is 2. The van der Waals surface area contributed by atoms with E-state index in [2.05, 4.69) is 15.4 Å². The lowest BCUT2D eigenvalue weighted by Crippen LogP contribution is -2.14. The van der Waals surface area contributed by atoms with E-state index < -0.39 is 0 Å². The van der Waals surface area contributed by atoms with Gasteiger partial charge in [0.05, 0.1) is 17.5 Å². The number of amides is 1. The number of rotatable bonds is 4. The van der Waals surface area contributed by atoms with Gasteiger partial charge in [0.15, 0.2) is 5.82 Å². The van der Waals surface area contributed by atoms with Crippen molar-refractivity contribution in [3.05, 3.63) is 66.1 Å². The van der Waals surface area contributed by atoms with E-state index in [0.717, 1.165) is 17.1 Å². The van der Waals surface area contributed by atoms with Crippen LogP contribution in [0.2, 0.25) is 0 Å². The molecule has 0 aliphatic carbocycles. The first-order valence-electron chi connectivity index (χ1n) is 7.61. The Bertz CT molecular complexity index is 855. The van der Waals surface area contributed by atoms with E-state index in [1.165, 1.54) is 0 Å². The monoisotopic (exact) mass is 321 g/mol. The largest absolute Gasteiger partial charge is 0.378 e. The van der Waals surface area contributed by atoms with Gasteiger partial charge in [0.2, 0.25) is 0 Å². The van der Waals surface area contributed by atoms with Crippen molar-refractivity contribution in [1.82, 2.24) is 14.8 Å². The van der Waals surface area contributed by atoms with Gasteiger partial charge in [0.1, 0.15) is 0 Å². The Morgan fingerprint density at radius 1 is 1.17 bits per heavy atom. The van der Waals surface area contributed by atoms with Crippen LogP contribution in [-0.4, -0.2) is 34.8 Å². The lowest BCUT2D eigenvalue weighted by molar-refractivity contribution is 0.102. The van der Waals surface area contributed by atoms with Crippen LogP contribution in [0.15, 0.2) is 54.9 Å². The maximum atomic E-state index is 12.6. The first-order valence-corrected chi connectivity index (χ1v) is 7.61. The fourth-order valence-electron chi connectivity index (χ4n) is 2.40. The number of benzene rings is 1. The summed E-state index contributed by atoms with van der Waals surface area (Å²) in [4.78, 5) is 18.8. The molecule has 1 amide bonds. The Labute approximate surface area is 140 Å². The normalized spacial score (nSPS) is 10.5. The summed E-state index contributed by atoms with van der Waals surface area (Å²) < 4.78 is 1.66. The molecule has 122 valence electrons. The third-order valence-corrected chi connectivity index (χ3v) is 3.74. The summed E-state index contributed by atoms with van der Waals surface area (Å²) in [6.07, 6.45) is 3.26. The van der Waals surface area contributed by atoms with Crippen molar-refractivity contribution in [2.45, 2.75) is 6.92 Å². The van der Waals surface area contributed by atoms with Crippen LogP contribution in [0, 0.1) is 6.92 Å². The van der Waals surface area contributed by atoms with Crippen molar-refractivity contribution in [3.8, 4) is 5.82 Å². The number of nitrogens with zero attached hydrogens (tertiary/aromatic N) is 4. The molecule has 0 aliphatic rings. The molecule has 0 radical (unpaired) electrons. The van der Waals surface area contributed by atoms with Crippen LogP contribution in [0.5, 0.6) is 0 Å². The average molecular weight is 321 g/mol. The second-order valence-corrected chi connectivity index (χ2v) is 5.64. The smallest absolute Gasteiger partial charge is 0.259 e. The predicted molar refractivity (Wildman–Crippen MR) is 94.8 cm³/mol. The predicted octanol–water partition coefficient (Wildman–Crippen LogP) is 2.89. The van der Waals surface area contributed by atoms with Gasteiger partial charge in [-0.25, -0.2) is 9.67 Å². The van der Waals surface area contributed by atoms with Gasteiger partial charge in [0, 0.05) is 31.7 Å². The molecule has 1 aromatic carbocycles. The van der Waals surface area contributed by atoms with Crippen molar-refractivity contribution in [2.75, 3.05) is 24.3 Å². The average Bonchev–Trinajstić information content (AvgIpc) is 2.97. The minimum atomic E-state index is -0.189. The number of nitrogens with one attached hydrogen (secondary N) is 1. The van der Waals surface area contributed by atoms with Gasteiger partial charge < -0.3 is 10.2 Å². The summed E-state index contributed by atoms with van der Waals surface area (Å²) in [6.45, 7) is 1.85. The first-order chi connectivity index (χ1) is 11.6. The molecule has 0 fully saturated rings. The number of hydrogen-bond acceptors (Lipinski definition) is 4. The van der Waals surface area contributed by atoms with Crippen molar-refractivity contribution in [1.29, 1.82) is 0 Å². The lowest BCUT2D eigenvalue weighted by atomic mass is 10.2. The highest BCUT2D eigenvalue weighted by Crippen LogP contribution is 2.19.